The third kappa shape index (κ3) is 8.67. The molecule has 6 rings (SSSR count). The minimum atomic E-state index is -4.20. The molecule has 6 aromatic rings. The molecular weight excluding hydrogens is 765 g/mol. The van der Waals surface area contributed by atoms with Gasteiger partial charge in [-0.2, -0.15) is 15.0 Å². The lowest BCUT2D eigenvalue weighted by atomic mass is 10.2. The van der Waals surface area contributed by atoms with Crippen LogP contribution in [-0.4, -0.2) is 73.0 Å². The van der Waals surface area contributed by atoms with Crippen LogP contribution in [-0.2, 0) is 29.5 Å². The van der Waals surface area contributed by atoms with E-state index in [0.717, 1.165) is 14.2 Å². The molecule has 0 radical (unpaired) electrons. The first kappa shape index (κ1) is 38.5. The number of carbonyl (C=O) groups is 2. The van der Waals surface area contributed by atoms with Crippen LogP contribution in [0.25, 0.3) is 11.4 Å². The Hall–Kier alpha value is -6.68. The zero-order chi connectivity index (χ0) is 39.2. The molecule has 2 aromatic heterocycles. The quantitative estimate of drug-likeness (QED) is 0.148. The van der Waals surface area contributed by atoms with Crippen LogP contribution in [0.2, 0.25) is 0 Å². The van der Waals surface area contributed by atoms with Gasteiger partial charge in [0.05, 0.1) is 82.7 Å². The second-order valence-electron chi connectivity index (χ2n) is 10.5. The smallest absolute Gasteiger partial charge is 0.340 e. The van der Waals surface area contributed by atoms with Crippen molar-refractivity contribution in [2.75, 3.05) is 23.7 Å². The summed E-state index contributed by atoms with van der Waals surface area (Å²) in [7, 11) is -6.37. The third-order valence-corrected chi connectivity index (χ3v) is 9.81. The number of methoxy groups -OCH3 is 2. The molecular formula is C32H24F4N8O8S2. The lowest BCUT2D eigenvalue weighted by molar-refractivity contribution is 0.0586. The van der Waals surface area contributed by atoms with Crippen LogP contribution < -0.4 is 9.44 Å². The molecule has 280 valence electrons. The number of ether oxygens (including phenoxy) is 2. The average molecular weight is 789 g/mol. The summed E-state index contributed by atoms with van der Waals surface area (Å²) in [5.41, 5.74) is -1.49. The lowest BCUT2D eigenvalue weighted by Gasteiger charge is -2.11. The van der Waals surface area contributed by atoms with Crippen molar-refractivity contribution >= 4 is 43.4 Å². The number of hydrogen-bond acceptors (Lipinski definition) is 12. The third-order valence-electron chi connectivity index (χ3n) is 7.04. The van der Waals surface area contributed by atoms with Crippen LogP contribution in [0.1, 0.15) is 20.7 Å². The molecule has 0 saturated carbocycles. The summed E-state index contributed by atoms with van der Waals surface area (Å²) in [6.07, 6.45) is 5.95. The molecule has 0 aliphatic heterocycles. The predicted molar refractivity (Wildman–Crippen MR) is 180 cm³/mol. The van der Waals surface area contributed by atoms with Gasteiger partial charge < -0.3 is 9.47 Å². The first-order chi connectivity index (χ1) is 25.6. The lowest BCUT2D eigenvalue weighted by Crippen LogP contribution is -2.15. The van der Waals surface area contributed by atoms with Crippen molar-refractivity contribution in [2.45, 2.75) is 9.79 Å². The summed E-state index contributed by atoms with van der Waals surface area (Å²) in [6, 6.07) is 13.2. The molecule has 0 aliphatic carbocycles. The van der Waals surface area contributed by atoms with E-state index in [-0.39, 0.29) is 9.79 Å². The highest BCUT2D eigenvalue weighted by Crippen LogP contribution is 2.25. The molecule has 22 heteroatoms. The number of esters is 2. The zero-order valence-corrected chi connectivity index (χ0v) is 29.1. The molecule has 0 bridgehead atoms. The van der Waals surface area contributed by atoms with E-state index >= 15 is 0 Å². The Bertz CT molecular complexity index is 2350. The Kier molecular flexibility index (Phi) is 11.4. The van der Waals surface area contributed by atoms with Crippen LogP contribution in [0.15, 0.2) is 107 Å². The molecule has 4 aromatic carbocycles. The standard InChI is InChI=1S/2C16H12F2N4O4S/c1-26-16(23)12-8-14(18)15(9-13(12)17)20-27(24,25)11-4-2-10(3-5-11)22-7-6-19-21-22;1-26-16(23)12-8-14(18)15(9-13(12)17)21-27(24,25)11-4-2-10(3-5-11)22-19-6-7-20-22/h2-9,20H,1H3;2-9,21H,1H3. The molecule has 0 fully saturated rings. The highest BCUT2D eigenvalue weighted by atomic mass is 32.2. The van der Waals surface area contributed by atoms with E-state index in [1.807, 2.05) is 9.44 Å². The molecule has 0 atom stereocenters. The number of benzene rings is 4. The van der Waals surface area contributed by atoms with Gasteiger partial charge in [-0.15, -0.1) is 5.10 Å². The number of halogens is 4. The number of carbonyl (C=O) groups excluding carboxylic acids is 2. The topological polar surface area (TPSA) is 206 Å². The van der Waals surface area contributed by atoms with Gasteiger partial charge >= 0.3 is 11.9 Å². The summed E-state index contributed by atoms with van der Waals surface area (Å²) in [4.78, 5) is 23.6. The van der Waals surface area contributed by atoms with Crippen molar-refractivity contribution in [2.24, 2.45) is 0 Å². The van der Waals surface area contributed by atoms with E-state index in [0.29, 0.717) is 35.6 Å². The first-order valence-electron chi connectivity index (χ1n) is 14.8. The molecule has 0 amide bonds. The van der Waals surface area contributed by atoms with E-state index in [9.17, 15) is 44.0 Å². The van der Waals surface area contributed by atoms with E-state index in [1.165, 1.54) is 76.6 Å². The highest BCUT2D eigenvalue weighted by molar-refractivity contribution is 7.93. The Labute approximate surface area is 303 Å². The molecule has 54 heavy (non-hydrogen) atoms. The van der Waals surface area contributed by atoms with Gasteiger partial charge in [0.25, 0.3) is 20.0 Å². The molecule has 0 spiro atoms. The van der Waals surface area contributed by atoms with Gasteiger partial charge in [0.15, 0.2) is 0 Å². The highest BCUT2D eigenvalue weighted by Gasteiger charge is 2.23. The van der Waals surface area contributed by atoms with Crippen LogP contribution >= 0.6 is 0 Å². The number of anilines is 2. The van der Waals surface area contributed by atoms with Gasteiger partial charge in [-0.05, 0) is 60.7 Å². The minimum absolute atomic E-state index is 0.178. The Morgan fingerprint density at radius 3 is 1.43 bits per heavy atom. The maximum Gasteiger partial charge on any atom is 0.340 e. The SMILES string of the molecule is COC(=O)c1cc(F)c(NS(=O)(=O)c2ccc(-n3ccnn3)cc2)cc1F.COC(=O)c1cc(F)c(NS(=O)(=O)c2ccc(-n3nccn3)cc2)cc1F. The van der Waals surface area contributed by atoms with Crippen molar-refractivity contribution in [3.63, 3.8) is 0 Å². The van der Waals surface area contributed by atoms with Gasteiger partial charge in [-0.25, -0.2) is 48.7 Å². The first-order valence-corrected chi connectivity index (χ1v) is 17.7. The van der Waals surface area contributed by atoms with Crippen molar-refractivity contribution < 1.29 is 53.5 Å². The fraction of sp³-hybridized carbons (Fsp3) is 0.0625. The number of hydrogen-bond donors (Lipinski definition) is 2. The van der Waals surface area contributed by atoms with E-state index in [4.69, 9.17) is 0 Å². The maximum absolute atomic E-state index is 14.1. The number of sulfonamides is 2. The Morgan fingerprint density at radius 2 is 1.04 bits per heavy atom. The largest absolute Gasteiger partial charge is 0.465 e. The summed E-state index contributed by atoms with van der Waals surface area (Å²) < 4.78 is 120. The molecule has 0 saturated heterocycles. The second kappa shape index (κ2) is 15.9. The van der Waals surface area contributed by atoms with E-state index in [1.54, 1.807) is 6.20 Å². The Balaban J connectivity index is 0.000000208. The van der Waals surface area contributed by atoms with Gasteiger partial charge in [0.2, 0.25) is 0 Å². The number of aromatic nitrogens is 6. The molecule has 0 aliphatic rings. The number of nitrogens with one attached hydrogen (secondary N) is 2. The van der Waals surface area contributed by atoms with Crippen LogP contribution in [0.5, 0.6) is 0 Å². The van der Waals surface area contributed by atoms with E-state index < -0.39 is 77.8 Å². The molecule has 16 nitrogen and oxygen atoms in total. The van der Waals surface area contributed by atoms with Crippen LogP contribution in [0.3, 0.4) is 0 Å². The van der Waals surface area contributed by atoms with Gasteiger partial charge in [-0.1, -0.05) is 5.21 Å². The number of rotatable bonds is 10. The molecule has 2 heterocycles. The normalized spacial score (nSPS) is 11.2. The maximum atomic E-state index is 14.1. The van der Waals surface area contributed by atoms with E-state index in [2.05, 4.69) is 30.0 Å². The summed E-state index contributed by atoms with van der Waals surface area (Å²) >= 11 is 0. The van der Waals surface area contributed by atoms with Crippen molar-refractivity contribution in [1.82, 2.24) is 30.0 Å². The van der Waals surface area contributed by atoms with Crippen LogP contribution in [0.4, 0.5) is 28.9 Å². The minimum Gasteiger partial charge on any atom is -0.465 e. The monoisotopic (exact) mass is 788 g/mol. The number of nitrogens with zero attached hydrogens (tertiary/aromatic N) is 6. The van der Waals surface area contributed by atoms with Crippen molar-refractivity contribution in [3.8, 4) is 11.4 Å². The van der Waals surface area contributed by atoms with Gasteiger partial charge in [-0.3, -0.25) is 9.44 Å². The zero-order valence-electron chi connectivity index (χ0n) is 27.5. The Morgan fingerprint density at radius 1 is 0.611 bits per heavy atom. The summed E-state index contributed by atoms with van der Waals surface area (Å²) in [5.74, 6) is -6.66. The second-order valence-corrected chi connectivity index (χ2v) is 13.8. The average Bonchev–Trinajstić information content (AvgIpc) is 3.90. The van der Waals surface area contributed by atoms with Gasteiger partial charge in [0, 0.05) is 12.1 Å². The van der Waals surface area contributed by atoms with Gasteiger partial charge in [0.1, 0.15) is 23.3 Å². The predicted octanol–water partition coefficient (Wildman–Crippen LogP) is 4.27. The fourth-order valence-corrected chi connectivity index (χ4v) is 6.54. The fourth-order valence-electron chi connectivity index (χ4n) is 4.42. The van der Waals surface area contributed by atoms with Crippen molar-refractivity contribution in [3.05, 3.63) is 132 Å². The van der Waals surface area contributed by atoms with Crippen LogP contribution in [0, 0.1) is 23.3 Å². The van der Waals surface area contributed by atoms with Crippen molar-refractivity contribution in [1.29, 1.82) is 0 Å². The summed E-state index contributed by atoms with van der Waals surface area (Å²) in [5, 5.41) is 15.2. The molecule has 2 N–H and O–H groups in total. The summed E-state index contributed by atoms with van der Waals surface area (Å²) in [6.45, 7) is 0. The molecule has 0 unspecified atom stereocenters.